The van der Waals surface area contributed by atoms with E-state index in [1.165, 1.54) is 23.1 Å². The topological polar surface area (TPSA) is 91.4 Å². The summed E-state index contributed by atoms with van der Waals surface area (Å²) in [6.45, 7) is 9.05. The number of rotatable bonds is 8. The molecule has 0 aliphatic heterocycles. The van der Waals surface area contributed by atoms with E-state index in [9.17, 15) is 9.18 Å². The number of nitrogens with zero attached hydrogens (tertiary/aromatic N) is 1. The third-order valence-corrected chi connectivity index (χ3v) is 3.66. The van der Waals surface area contributed by atoms with E-state index in [2.05, 4.69) is 18.5 Å². The first kappa shape index (κ1) is 21.2. The van der Waals surface area contributed by atoms with Crippen molar-refractivity contribution >= 4 is 34.8 Å². The van der Waals surface area contributed by atoms with Crippen LogP contribution in [-0.4, -0.2) is 32.5 Å². The molecule has 0 aromatic heterocycles. The fourth-order valence-corrected chi connectivity index (χ4v) is 2.50. The zero-order valence-electron chi connectivity index (χ0n) is 15.0. The Morgan fingerprint density at radius 3 is 2.58 bits per heavy atom. The van der Waals surface area contributed by atoms with Crippen LogP contribution in [0.5, 0.6) is 0 Å². The minimum Gasteiger partial charge on any atom is -0.461 e. The Bertz CT molecular complexity index is 788. The molecule has 0 atom stereocenters. The van der Waals surface area contributed by atoms with Crippen molar-refractivity contribution in [1.82, 2.24) is 5.32 Å². The van der Waals surface area contributed by atoms with Crippen LogP contribution in [0.2, 0.25) is 5.02 Å². The molecule has 1 aromatic rings. The predicted molar refractivity (Wildman–Crippen MR) is 104 cm³/mol. The molecule has 0 amide bonds. The first-order valence-electron chi connectivity index (χ1n) is 7.65. The van der Waals surface area contributed by atoms with Gasteiger partial charge in [-0.2, -0.15) is 0 Å². The van der Waals surface area contributed by atoms with Crippen molar-refractivity contribution in [2.45, 2.75) is 6.92 Å². The molecule has 8 heteroatoms. The van der Waals surface area contributed by atoms with Crippen LogP contribution in [0, 0.1) is 11.2 Å². The molecule has 0 unspecified atom stereocenters. The maximum Gasteiger partial charge on any atom is 0.355 e. The molecule has 0 saturated carbocycles. The summed E-state index contributed by atoms with van der Waals surface area (Å²) in [4.78, 5) is 13.8. The number of esters is 1. The van der Waals surface area contributed by atoms with Gasteiger partial charge in [0, 0.05) is 30.9 Å². The van der Waals surface area contributed by atoms with Crippen LogP contribution >= 0.6 is 11.6 Å². The summed E-state index contributed by atoms with van der Waals surface area (Å²) in [5.74, 6) is -1.76. The maximum absolute atomic E-state index is 14.8. The zero-order valence-corrected chi connectivity index (χ0v) is 15.7. The van der Waals surface area contributed by atoms with Crippen molar-refractivity contribution in [1.29, 1.82) is 5.41 Å². The molecular formula is C18H22ClFN4O2. The number of nitrogens with one attached hydrogen (secondary N) is 2. The summed E-state index contributed by atoms with van der Waals surface area (Å²) >= 11 is 6.04. The molecule has 1 rings (SSSR count). The van der Waals surface area contributed by atoms with Crippen LogP contribution in [0.4, 0.5) is 10.1 Å². The van der Waals surface area contributed by atoms with Gasteiger partial charge in [0.15, 0.2) is 5.82 Å². The molecule has 0 aliphatic carbocycles. The molecule has 0 spiro atoms. The highest BCUT2D eigenvalue weighted by Gasteiger charge is 2.21. The second-order valence-electron chi connectivity index (χ2n) is 5.38. The standard InChI is InChI=1S/C18H22ClFN4O2/c1-6-11(17(21)22)15(18(25)26-7-2)23-10(3)12-8-9-13(19)16(14(12)20)24(4)5/h6,8-9,23H,1,3,7H2,2,4-5H3,(H3,21,22). The quantitative estimate of drug-likeness (QED) is 0.212. The summed E-state index contributed by atoms with van der Waals surface area (Å²) in [6, 6.07) is 2.96. The van der Waals surface area contributed by atoms with Gasteiger partial charge in [-0.15, -0.1) is 0 Å². The van der Waals surface area contributed by atoms with E-state index >= 15 is 0 Å². The van der Waals surface area contributed by atoms with E-state index in [1.807, 2.05) is 0 Å². The number of ether oxygens (including phenoxy) is 1. The zero-order chi connectivity index (χ0) is 20.0. The third-order valence-electron chi connectivity index (χ3n) is 3.36. The number of benzene rings is 1. The molecule has 0 fully saturated rings. The van der Waals surface area contributed by atoms with Crippen molar-refractivity contribution in [3.63, 3.8) is 0 Å². The molecule has 1 aromatic carbocycles. The highest BCUT2D eigenvalue weighted by atomic mass is 35.5. The highest BCUT2D eigenvalue weighted by Crippen LogP contribution is 2.32. The molecule has 0 bridgehead atoms. The van der Waals surface area contributed by atoms with Gasteiger partial charge >= 0.3 is 5.97 Å². The van der Waals surface area contributed by atoms with Crippen LogP contribution in [0.1, 0.15) is 12.5 Å². The fourth-order valence-electron chi connectivity index (χ4n) is 2.18. The van der Waals surface area contributed by atoms with Gasteiger partial charge in [-0.3, -0.25) is 5.41 Å². The number of anilines is 1. The number of hydrogen-bond acceptors (Lipinski definition) is 5. The van der Waals surface area contributed by atoms with Gasteiger partial charge in [0.05, 0.1) is 17.3 Å². The van der Waals surface area contributed by atoms with Crippen LogP contribution in [0.3, 0.4) is 0 Å². The molecule has 6 nitrogen and oxygen atoms in total. The van der Waals surface area contributed by atoms with Crippen LogP contribution in [0.15, 0.2) is 42.6 Å². The van der Waals surface area contributed by atoms with Crippen LogP contribution in [-0.2, 0) is 9.53 Å². The Kier molecular flexibility index (Phi) is 7.40. The van der Waals surface area contributed by atoms with E-state index < -0.39 is 17.6 Å². The Morgan fingerprint density at radius 2 is 2.12 bits per heavy atom. The fraction of sp³-hybridized carbons (Fsp3) is 0.222. The van der Waals surface area contributed by atoms with Crippen molar-refractivity contribution < 1.29 is 13.9 Å². The Labute approximate surface area is 157 Å². The Hall–Kier alpha value is -2.80. The summed E-state index contributed by atoms with van der Waals surface area (Å²) in [5, 5.41) is 10.5. The molecule has 26 heavy (non-hydrogen) atoms. The summed E-state index contributed by atoms with van der Waals surface area (Å²) in [6.07, 6.45) is 1.23. The van der Waals surface area contributed by atoms with Gasteiger partial charge in [-0.1, -0.05) is 30.8 Å². The number of carbonyl (C=O) groups is 1. The minimum absolute atomic E-state index is 0.0202. The molecule has 0 radical (unpaired) electrons. The molecule has 0 heterocycles. The number of halogens is 2. The van der Waals surface area contributed by atoms with Gasteiger partial charge in [-0.25, -0.2) is 9.18 Å². The van der Waals surface area contributed by atoms with Crippen molar-refractivity contribution in [3.8, 4) is 0 Å². The lowest BCUT2D eigenvalue weighted by Gasteiger charge is -2.20. The molecular weight excluding hydrogens is 359 g/mol. The average molecular weight is 381 g/mol. The summed E-state index contributed by atoms with van der Waals surface area (Å²) < 4.78 is 19.8. The van der Waals surface area contributed by atoms with E-state index in [0.29, 0.717) is 0 Å². The second kappa shape index (κ2) is 9.05. The average Bonchev–Trinajstić information content (AvgIpc) is 2.54. The van der Waals surface area contributed by atoms with Gasteiger partial charge in [-0.05, 0) is 19.1 Å². The van der Waals surface area contributed by atoms with E-state index in [4.69, 9.17) is 27.5 Å². The van der Waals surface area contributed by atoms with E-state index in [1.54, 1.807) is 21.0 Å². The maximum atomic E-state index is 14.8. The van der Waals surface area contributed by atoms with E-state index in [0.717, 1.165) is 0 Å². The van der Waals surface area contributed by atoms with Gasteiger partial charge in [0.1, 0.15) is 11.5 Å². The number of carbonyl (C=O) groups excluding carboxylic acids is 1. The first-order valence-corrected chi connectivity index (χ1v) is 8.03. The molecule has 0 aliphatic rings. The second-order valence-corrected chi connectivity index (χ2v) is 5.79. The van der Waals surface area contributed by atoms with Crippen molar-refractivity contribution in [2.24, 2.45) is 5.73 Å². The first-order chi connectivity index (χ1) is 12.1. The summed E-state index contributed by atoms with van der Waals surface area (Å²) in [5.41, 5.74) is 5.72. The Morgan fingerprint density at radius 1 is 1.50 bits per heavy atom. The number of nitrogens with two attached hydrogens (primary N) is 1. The van der Waals surface area contributed by atoms with E-state index in [-0.39, 0.29) is 39.8 Å². The third kappa shape index (κ3) is 4.64. The van der Waals surface area contributed by atoms with Crippen molar-refractivity contribution in [3.05, 3.63) is 59.0 Å². The SMILES string of the molecule is C=CC(C(=N)N)=C(NC(=C)c1ccc(Cl)c(N(C)C)c1F)C(=O)OCC. The number of amidine groups is 1. The minimum atomic E-state index is -0.763. The van der Waals surface area contributed by atoms with Gasteiger partial charge in [0.2, 0.25) is 0 Å². The molecule has 4 N–H and O–H groups in total. The highest BCUT2D eigenvalue weighted by molar-refractivity contribution is 6.33. The van der Waals surface area contributed by atoms with Crippen LogP contribution in [0.25, 0.3) is 5.70 Å². The lowest BCUT2D eigenvalue weighted by Crippen LogP contribution is -2.27. The van der Waals surface area contributed by atoms with Gasteiger partial charge < -0.3 is 20.7 Å². The van der Waals surface area contributed by atoms with Gasteiger partial charge in [0.25, 0.3) is 0 Å². The van der Waals surface area contributed by atoms with Crippen LogP contribution < -0.4 is 16.0 Å². The lowest BCUT2D eigenvalue weighted by atomic mass is 10.1. The Balaban J connectivity index is 3.40. The molecule has 140 valence electrons. The predicted octanol–water partition coefficient (Wildman–Crippen LogP) is 3.04. The largest absolute Gasteiger partial charge is 0.461 e. The lowest BCUT2D eigenvalue weighted by molar-refractivity contribution is -0.138. The summed E-state index contributed by atoms with van der Waals surface area (Å²) in [7, 11) is 3.31. The number of hydrogen-bond donors (Lipinski definition) is 3. The van der Waals surface area contributed by atoms with Crippen molar-refractivity contribution in [2.75, 3.05) is 25.6 Å². The monoisotopic (exact) mass is 380 g/mol. The normalized spacial score (nSPS) is 11.3. The molecule has 0 saturated heterocycles. The smallest absolute Gasteiger partial charge is 0.355 e.